The van der Waals surface area contributed by atoms with E-state index in [1.54, 1.807) is 0 Å². The maximum atomic E-state index is 5.81. The topological polar surface area (TPSA) is 33.7 Å². The number of rotatable bonds is 7. The van der Waals surface area contributed by atoms with Gasteiger partial charge in [0.15, 0.2) is 0 Å². The maximum absolute atomic E-state index is 5.81. The second-order valence-corrected chi connectivity index (χ2v) is 7.04. The average molecular weight is 284 g/mol. The standard InChI is InChI=1S/C16H32N2O2/c1-14(2)17-11-16(6-4-8-20-13-16)12-18-7-5-15(9-18)10-19-3/h14-15,17H,4-13H2,1-3H3. The first-order valence-corrected chi connectivity index (χ1v) is 8.16. The number of nitrogens with zero attached hydrogens (tertiary/aromatic N) is 1. The van der Waals surface area contributed by atoms with Gasteiger partial charge in [0.25, 0.3) is 0 Å². The molecule has 2 aliphatic heterocycles. The van der Waals surface area contributed by atoms with E-state index in [0.29, 0.717) is 11.5 Å². The fraction of sp³-hybridized carbons (Fsp3) is 1.00. The van der Waals surface area contributed by atoms with Gasteiger partial charge in [0.1, 0.15) is 0 Å². The molecule has 0 aromatic carbocycles. The Morgan fingerprint density at radius 2 is 2.30 bits per heavy atom. The van der Waals surface area contributed by atoms with E-state index < -0.39 is 0 Å². The Hall–Kier alpha value is -0.160. The molecule has 118 valence electrons. The predicted molar refractivity (Wildman–Crippen MR) is 82.0 cm³/mol. The number of hydrogen-bond donors (Lipinski definition) is 1. The van der Waals surface area contributed by atoms with Crippen molar-refractivity contribution in [2.45, 2.75) is 39.2 Å². The molecule has 2 unspecified atom stereocenters. The van der Waals surface area contributed by atoms with E-state index in [0.717, 1.165) is 32.3 Å². The van der Waals surface area contributed by atoms with Crippen LogP contribution in [0.25, 0.3) is 0 Å². The smallest absolute Gasteiger partial charge is 0.0546 e. The third kappa shape index (κ3) is 4.69. The summed E-state index contributed by atoms with van der Waals surface area (Å²) in [6.45, 7) is 11.9. The van der Waals surface area contributed by atoms with Gasteiger partial charge >= 0.3 is 0 Å². The van der Waals surface area contributed by atoms with Crippen LogP contribution >= 0.6 is 0 Å². The monoisotopic (exact) mass is 284 g/mol. The Labute approximate surface area is 124 Å². The molecule has 4 nitrogen and oxygen atoms in total. The number of hydrogen-bond acceptors (Lipinski definition) is 4. The van der Waals surface area contributed by atoms with Crippen LogP contribution in [0.2, 0.25) is 0 Å². The number of ether oxygens (including phenoxy) is 2. The summed E-state index contributed by atoms with van der Waals surface area (Å²) in [5, 5.41) is 3.63. The molecule has 0 radical (unpaired) electrons. The van der Waals surface area contributed by atoms with E-state index in [2.05, 4.69) is 24.1 Å². The van der Waals surface area contributed by atoms with Gasteiger partial charge in [-0.1, -0.05) is 13.8 Å². The minimum absolute atomic E-state index is 0.310. The minimum Gasteiger partial charge on any atom is -0.384 e. The van der Waals surface area contributed by atoms with Crippen molar-refractivity contribution in [2.75, 3.05) is 53.1 Å². The van der Waals surface area contributed by atoms with Crippen LogP contribution in [0.4, 0.5) is 0 Å². The number of likely N-dealkylation sites (tertiary alicyclic amines) is 1. The van der Waals surface area contributed by atoms with E-state index in [1.165, 1.54) is 38.9 Å². The summed E-state index contributed by atoms with van der Waals surface area (Å²) in [4.78, 5) is 2.63. The lowest BCUT2D eigenvalue weighted by Gasteiger charge is -2.40. The first-order valence-electron chi connectivity index (χ1n) is 8.16. The van der Waals surface area contributed by atoms with E-state index >= 15 is 0 Å². The zero-order valence-corrected chi connectivity index (χ0v) is 13.5. The highest BCUT2D eigenvalue weighted by Gasteiger charge is 2.36. The fourth-order valence-corrected chi connectivity index (χ4v) is 3.55. The van der Waals surface area contributed by atoms with Crippen molar-refractivity contribution in [1.29, 1.82) is 0 Å². The van der Waals surface area contributed by atoms with Crippen LogP contribution in [0.5, 0.6) is 0 Å². The van der Waals surface area contributed by atoms with Crippen molar-refractivity contribution >= 4 is 0 Å². The molecule has 2 heterocycles. The SMILES string of the molecule is COCC1CCN(CC2(CNC(C)C)CCCOC2)C1. The molecule has 2 fully saturated rings. The molecule has 2 rings (SSSR count). The molecule has 0 spiro atoms. The first kappa shape index (κ1) is 16.2. The summed E-state index contributed by atoms with van der Waals surface area (Å²) in [6, 6.07) is 0.550. The molecule has 0 aliphatic carbocycles. The van der Waals surface area contributed by atoms with E-state index in [1.807, 2.05) is 7.11 Å². The first-order chi connectivity index (χ1) is 9.63. The summed E-state index contributed by atoms with van der Waals surface area (Å²) >= 11 is 0. The van der Waals surface area contributed by atoms with Crippen molar-refractivity contribution in [3.8, 4) is 0 Å². The van der Waals surface area contributed by atoms with Crippen LogP contribution in [0, 0.1) is 11.3 Å². The molecule has 0 saturated carbocycles. The van der Waals surface area contributed by atoms with Crippen LogP contribution in [0.15, 0.2) is 0 Å². The Kier molecular flexibility index (Phi) is 6.27. The van der Waals surface area contributed by atoms with Crippen LogP contribution < -0.4 is 5.32 Å². The predicted octanol–water partition coefficient (Wildman–Crippen LogP) is 1.75. The second-order valence-electron chi connectivity index (χ2n) is 7.04. The molecule has 1 N–H and O–H groups in total. The lowest BCUT2D eigenvalue weighted by molar-refractivity contribution is -0.0246. The summed E-state index contributed by atoms with van der Waals surface area (Å²) in [6.07, 6.45) is 3.77. The highest BCUT2D eigenvalue weighted by molar-refractivity contribution is 4.90. The van der Waals surface area contributed by atoms with Gasteiger partial charge in [-0.3, -0.25) is 0 Å². The maximum Gasteiger partial charge on any atom is 0.0546 e. The largest absolute Gasteiger partial charge is 0.384 e. The molecule has 20 heavy (non-hydrogen) atoms. The van der Waals surface area contributed by atoms with Crippen molar-refractivity contribution in [2.24, 2.45) is 11.3 Å². The highest BCUT2D eigenvalue weighted by Crippen LogP contribution is 2.31. The molecule has 2 atom stereocenters. The third-order valence-corrected chi connectivity index (χ3v) is 4.62. The molecular formula is C16H32N2O2. The molecule has 0 bridgehead atoms. The van der Waals surface area contributed by atoms with Crippen LogP contribution in [0.1, 0.15) is 33.1 Å². The number of methoxy groups -OCH3 is 1. The summed E-state index contributed by atoms with van der Waals surface area (Å²) in [5.74, 6) is 0.722. The van der Waals surface area contributed by atoms with E-state index in [4.69, 9.17) is 9.47 Å². The lowest BCUT2D eigenvalue weighted by Crippen LogP contribution is -2.49. The molecule has 4 heteroatoms. The van der Waals surface area contributed by atoms with Crippen molar-refractivity contribution in [1.82, 2.24) is 10.2 Å². The molecule has 0 aromatic heterocycles. The van der Waals surface area contributed by atoms with Crippen molar-refractivity contribution in [3.63, 3.8) is 0 Å². The summed E-state index contributed by atoms with van der Waals surface area (Å²) < 4.78 is 11.1. The zero-order chi connectivity index (χ0) is 14.4. The highest BCUT2D eigenvalue weighted by atomic mass is 16.5. The Bertz CT molecular complexity index is 278. The normalized spacial score (nSPS) is 32.1. The molecule has 2 saturated heterocycles. The summed E-state index contributed by atoms with van der Waals surface area (Å²) in [5.41, 5.74) is 0.310. The molecule has 2 aliphatic rings. The molecule has 0 aromatic rings. The fourth-order valence-electron chi connectivity index (χ4n) is 3.55. The average Bonchev–Trinajstić information content (AvgIpc) is 2.85. The third-order valence-electron chi connectivity index (χ3n) is 4.62. The van der Waals surface area contributed by atoms with Crippen LogP contribution in [-0.2, 0) is 9.47 Å². The number of nitrogens with one attached hydrogen (secondary N) is 1. The Morgan fingerprint density at radius 3 is 2.95 bits per heavy atom. The van der Waals surface area contributed by atoms with Gasteiger partial charge in [-0.2, -0.15) is 0 Å². The van der Waals surface area contributed by atoms with Crippen molar-refractivity contribution < 1.29 is 9.47 Å². The van der Waals surface area contributed by atoms with Gasteiger partial charge < -0.3 is 19.7 Å². The minimum atomic E-state index is 0.310. The van der Waals surface area contributed by atoms with E-state index in [-0.39, 0.29) is 0 Å². The van der Waals surface area contributed by atoms with Gasteiger partial charge in [-0.05, 0) is 31.7 Å². The Morgan fingerprint density at radius 1 is 1.45 bits per heavy atom. The quantitative estimate of drug-likeness (QED) is 0.772. The van der Waals surface area contributed by atoms with Gasteiger partial charge in [0.05, 0.1) is 13.2 Å². The van der Waals surface area contributed by atoms with Gasteiger partial charge in [0, 0.05) is 44.8 Å². The summed E-state index contributed by atoms with van der Waals surface area (Å²) in [7, 11) is 1.81. The second kappa shape index (κ2) is 7.74. The zero-order valence-electron chi connectivity index (χ0n) is 13.5. The van der Waals surface area contributed by atoms with Gasteiger partial charge in [-0.25, -0.2) is 0 Å². The van der Waals surface area contributed by atoms with Crippen LogP contribution in [0.3, 0.4) is 0 Å². The Balaban J connectivity index is 1.87. The van der Waals surface area contributed by atoms with Crippen LogP contribution in [-0.4, -0.2) is 64.1 Å². The van der Waals surface area contributed by atoms with Gasteiger partial charge in [-0.15, -0.1) is 0 Å². The molecular weight excluding hydrogens is 252 g/mol. The van der Waals surface area contributed by atoms with Crippen molar-refractivity contribution in [3.05, 3.63) is 0 Å². The molecule has 0 amide bonds. The van der Waals surface area contributed by atoms with E-state index in [9.17, 15) is 0 Å². The lowest BCUT2D eigenvalue weighted by atomic mass is 9.81. The van der Waals surface area contributed by atoms with Gasteiger partial charge in [0.2, 0.25) is 0 Å².